The smallest absolute Gasteiger partial charge is 0.141 e. The average Bonchev–Trinajstić information content (AvgIpc) is 2.45. The summed E-state index contributed by atoms with van der Waals surface area (Å²) in [5, 5.41) is 0. The minimum atomic E-state index is 0.157. The first-order valence-corrected chi connectivity index (χ1v) is 5.74. The highest BCUT2D eigenvalue weighted by atomic mass is 16.1. The Kier molecular flexibility index (Phi) is 0.689. The van der Waals surface area contributed by atoms with E-state index >= 15 is 0 Å². The summed E-state index contributed by atoms with van der Waals surface area (Å²) in [6, 6.07) is 0. The van der Waals surface area contributed by atoms with Crippen LogP contribution in [0.25, 0.3) is 0 Å². The van der Waals surface area contributed by atoms with Gasteiger partial charge in [-0.05, 0) is 29.6 Å². The second kappa shape index (κ2) is 1.43. The number of carbonyl (C=O) groups excluding carboxylic acids is 2. The molecule has 0 N–H and O–H groups in total. The molecule has 5 aliphatic carbocycles. The van der Waals surface area contributed by atoms with Gasteiger partial charge in [-0.3, -0.25) is 9.59 Å². The van der Waals surface area contributed by atoms with E-state index in [0.29, 0.717) is 29.3 Å². The summed E-state index contributed by atoms with van der Waals surface area (Å²) in [7, 11) is 0. The van der Waals surface area contributed by atoms with E-state index in [1.165, 1.54) is 6.42 Å². The minimum Gasteiger partial charge on any atom is -0.299 e. The van der Waals surface area contributed by atoms with Gasteiger partial charge < -0.3 is 0 Å². The SMILES string of the molecule is CC12CC3C4C(=O)C5C(C(=O)C41)C2C35. The third-order valence-electron chi connectivity index (χ3n) is 6.36. The van der Waals surface area contributed by atoms with E-state index in [4.69, 9.17) is 0 Å². The van der Waals surface area contributed by atoms with Gasteiger partial charge in [0.25, 0.3) is 0 Å². The quantitative estimate of drug-likeness (QED) is 0.566. The molecule has 0 aliphatic heterocycles. The summed E-state index contributed by atoms with van der Waals surface area (Å²) in [6.07, 6.45) is 1.18. The molecule has 2 heteroatoms. The third-order valence-corrected chi connectivity index (χ3v) is 6.36. The van der Waals surface area contributed by atoms with Gasteiger partial charge in [-0.1, -0.05) is 6.92 Å². The Labute approximate surface area is 82.0 Å². The third kappa shape index (κ3) is 0.333. The monoisotopic (exact) mass is 188 g/mol. The molecule has 5 fully saturated rings. The fraction of sp³-hybridized carbons (Fsp3) is 0.833. The highest BCUT2D eigenvalue weighted by Gasteiger charge is 2.87. The average molecular weight is 188 g/mol. The molecule has 8 unspecified atom stereocenters. The molecule has 5 saturated carbocycles. The molecule has 72 valence electrons. The van der Waals surface area contributed by atoms with Crippen LogP contribution in [0, 0.1) is 46.8 Å². The van der Waals surface area contributed by atoms with Crippen molar-refractivity contribution >= 4 is 11.6 Å². The van der Waals surface area contributed by atoms with Crippen LogP contribution in [0.15, 0.2) is 0 Å². The summed E-state index contributed by atoms with van der Waals surface area (Å²) < 4.78 is 0. The first kappa shape index (κ1) is 6.76. The highest BCUT2D eigenvalue weighted by Crippen LogP contribution is 2.84. The molecule has 0 heterocycles. The molecular weight excluding hydrogens is 176 g/mol. The Morgan fingerprint density at radius 2 is 1.93 bits per heavy atom. The molecule has 5 rings (SSSR count). The summed E-state index contributed by atoms with van der Waals surface area (Å²) in [5.41, 5.74) is 0.254. The molecule has 5 aliphatic rings. The van der Waals surface area contributed by atoms with E-state index in [9.17, 15) is 9.59 Å². The van der Waals surface area contributed by atoms with Gasteiger partial charge in [-0.25, -0.2) is 0 Å². The van der Waals surface area contributed by atoms with Crippen molar-refractivity contribution < 1.29 is 9.59 Å². The van der Waals surface area contributed by atoms with E-state index in [1.807, 2.05) is 0 Å². The first-order valence-electron chi connectivity index (χ1n) is 5.74. The number of carbonyl (C=O) groups is 2. The van der Waals surface area contributed by atoms with Crippen molar-refractivity contribution in [3.63, 3.8) is 0 Å². The molecule has 2 bridgehead atoms. The van der Waals surface area contributed by atoms with Gasteiger partial charge in [0, 0.05) is 23.7 Å². The standard InChI is InChI=1S/C12H12O2/c1-12-2-3-4-6-7(8(4)12)11(14)9(12)5(3)10(6)13/h3-9H,2H2,1H3. The molecular formula is C12H12O2. The van der Waals surface area contributed by atoms with Crippen LogP contribution in [0.3, 0.4) is 0 Å². The molecule has 0 aromatic heterocycles. The molecule has 0 radical (unpaired) electrons. The molecule has 8 atom stereocenters. The Hall–Kier alpha value is -0.660. The van der Waals surface area contributed by atoms with Crippen molar-refractivity contribution in [2.45, 2.75) is 13.3 Å². The Morgan fingerprint density at radius 3 is 2.71 bits per heavy atom. The number of hydrogen-bond acceptors (Lipinski definition) is 2. The van der Waals surface area contributed by atoms with Crippen LogP contribution in [-0.2, 0) is 9.59 Å². The van der Waals surface area contributed by atoms with Crippen LogP contribution in [-0.4, -0.2) is 11.6 Å². The number of hydrogen-bond donors (Lipinski definition) is 0. The lowest BCUT2D eigenvalue weighted by atomic mass is 9.57. The zero-order chi connectivity index (χ0) is 9.40. The Morgan fingerprint density at radius 1 is 1.14 bits per heavy atom. The Balaban J connectivity index is 1.92. The molecule has 0 aromatic rings. The molecule has 0 saturated heterocycles. The number of Topliss-reactive ketones (excluding diaryl/α,β-unsaturated/α-hetero) is 2. The van der Waals surface area contributed by atoms with E-state index in [-0.39, 0.29) is 29.1 Å². The Bertz CT molecular complexity index is 426. The maximum atomic E-state index is 12.1. The maximum absolute atomic E-state index is 12.1. The topological polar surface area (TPSA) is 34.1 Å². The maximum Gasteiger partial charge on any atom is 0.141 e. The lowest BCUT2D eigenvalue weighted by Gasteiger charge is -2.44. The molecule has 14 heavy (non-hydrogen) atoms. The fourth-order valence-electron chi connectivity index (χ4n) is 6.33. The van der Waals surface area contributed by atoms with Gasteiger partial charge in [-0.2, -0.15) is 0 Å². The van der Waals surface area contributed by atoms with Crippen LogP contribution in [0.4, 0.5) is 0 Å². The van der Waals surface area contributed by atoms with Crippen molar-refractivity contribution in [3.05, 3.63) is 0 Å². The van der Waals surface area contributed by atoms with E-state index in [0.717, 1.165) is 0 Å². The van der Waals surface area contributed by atoms with E-state index in [2.05, 4.69) is 6.92 Å². The highest BCUT2D eigenvalue weighted by molar-refractivity contribution is 6.07. The second-order valence-corrected chi connectivity index (χ2v) is 6.34. The molecule has 0 amide bonds. The van der Waals surface area contributed by atoms with Gasteiger partial charge in [0.15, 0.2) is 0 Å². The van der Waals surface area contributed by atoms with Crippen molar-refractivity contribution in [1.29, 1.82) is 0 Å². The summed E-state index contributed by atoms with van der Waals surface area (Å²) in [4.78, 5) is 24.1. The van der Waals surface area contributed by atoms with Crippen LogP contribution < -0.4 is 0 Å². The van der Waals surface area contributed by atoms with Crippen molar-refractivity contribution in [1.82, 2.24) is 0 Å². The number of fused-ring (bicyclic) bond motifs is 2. The predicted molar refractivity (Wildman–Crippen MR) is 47.2 cm³/mol. The second-order valence-electron chi connectivity index (χ2n) is 6.34. The minimum absolute atomic E-state index is 0.157. The summed E-state index contributed by atoms with van der Waals surface area (Å²) in [5.74, 6) is 3.56. The molecule has 0 aromatic carbocycles. The number of ketones is 2. The lowest BCUT2D eigenvalue weighted by Crippen LogP contribution is -2.48. The van der Waals surface area contributed by atoms with Gasteiger partial charge >= 0.3 is 0 Å². The zero-order valence-electron chi connectivity index (χ0n) is 8.07. The van der Waals surface area contributed by atoms with Gasteiger partial charge in [0.05, 0.1) is 0 Å². The van der Waals surface area contributed by atoms with Crippen molar-refractivity contribution in [2.75, 3.05) is 0 Å². The lowest BCUT2D eigenvalue weighted by molar-refractivity contribution is -0.145. The van der Waals surface area contributed by atoms with Crippen molar-refractivity contribution in [3.8, 4) is 0 Å². The van der Waals surface area contributed by atoms with Crippen LogP contribution in [0.5, 0.6) is 0 Å². The van der Waals surface area contributed by atoms with Crippen LogP contribution >= 0.6 is 0 Å². The molecule has 2 nitrogen and oxygen atoms in total. The van der Waals surface area contributed by atoms with Gasteiger partial charge in [0.2, 0.25) is 0 Å². The van der Waals surface area contributed by atoms with Crippen LogP contribution in [0.1, 0.15) is 13.3 Å². The van der Waals surface area contributed by atoms with Crippen molar-refractivity contribution in [2.24, 2.45) is 46.8 Å². The normalized spacial score (nSPS) is 75.1. The summed E-state index contributed by atoms with van der Waals surface area (Å²) >= 11 is 0. The summed E-state index contributed by atoms with van der Waals surface area (Å²) in [6.45, 7) is 2.28. The number of rotatable bonds is 0. The fourth-order valence-corrected chi connectivity index (χ4v) is 6.33. The van der Waals surface area contributed by atoms with E-state index in [1.54, 1.807) is 0 Å². The van der Waals surface area contributed by atoms with Gasteiger partial charge in [-0.15, -0.1) is 0 Å². The van der Waals surface area contributed by atoms with Gasteiger partial charge in [0.1, 0.15) is 11.6 Å². The zero-order valence-corrected chi connectivity index (χ0v) is 8.07. The predicted octanol–water partition coefficient (Wildman–Crippen LogP) is 0.902. The van der Waals surface area contributed by atoms with Crippen LogP contribution in [0.2, 0.25) is 0 Å². The van der Waals surface area contributed by atoms with E-state index < -0.39 is 0 Å². The molecule has 0 spiro atoms. The first-order chi connectivity index (χ1) is 6.66. The largest absolute Gasteiger partial charge is 0.299 e.